The summed E-state index contributed by atoms with van der Waals surface area (Å²) < 4.78 is 0. The van der Waals surface area contributed by atoms with Crippen LogP contribution in [0.3, 0.4) is 0 Å². The van der Waals surface area contributed by atoms with Gasteiger partial charge < -0.3 is 15.3 Å². The van der Waals surface area contributed by atoms with E-state index in [1.807, 2.05) is 11.8 Å². The number of nitrogens with zero attached hydrogens (tertiary/aromatic N) is 2. The summed E-state index contributed by atoms with van der Waals surface area (Å²) in [4.78, 5) is 7.20. The Morgan fingerprint density at radius 1 is 1.46 bits per heavy atom. The fourth-order valence-corrected chi connectivity index (χ4v) is 5.61. The topological polar surface area (TPSA) is 47.9 Å². The lowest BCUT2D eigenvalue weighted by molar-refractivity contribution is -0.0156. The molecule has 2 aliphatic rings. The van der Waals surface area contributed by atoms with Crippen LogP contribution in [0.2, 0.25) is 0 Å². The highest BCUT2D eigenvalue weighted by Crippen LogP contribution is 2.41. The Balaban J connectivity index is 0.00000288. The van der Waals surface area contributed by atoms with Crippen LogP contribution in [0.25, 0.3) is 0 Å². The van der Waals surface area contributed by atoms with Crippen molar-refractivity contribution in [1.29, 1.82) is 0 Å². The Hall–Kier alpha value is 0.660. The van der Waals surface area contributed by atoms with Gasteiger partial charge in [-0.1, -0.05) is 20.8 Å². The quantitative estimate of drug-likeness (QED) is 0.342. The van der Waals surface area contributed by atoms with Gasteiger partial charge in [-0.3, -0.25) is 4.99 Å². The lowest BCUT2D eigenvalue weighted by Crippen LogP contribution is -2.54. The van der Waals surface area contributed by atoms with Gasteiger partial charge in [-0.2, -0.15) is 23.5 Å². The molecule has 3 atom stereocenters. The largest absolute Gasteiger partial charge is 0.387 e. The predicted molar refractivity (Wildman–Crippen MR) is 120 cm³/mol. The highest BCUT2D eigenvalue weighted by Gasteiger charge is 2.45. The molecular formula is C17H34IN3OS2. The molecule has 142 valence electrons. The number of aliphatic imine (C=N–C) groups is 1. The van der Waals surface area contributed by atoms with Crippen molar-refractivity contribution in [3.8, 4) is 0 Å². The first-order valence-electron chi connectivity index (χ1n) is 8.99. The van der Waals surface area contributed by atoms with Crippen molar-refractivity contribution in [2.24, 2.45) is 10.9 Å². The second-order valence-corrected chi connectivity index (χ2v) is 9.68. The zero-order chi connectivity index (χ0) is 16.9. The Bertz CT molecular complexity index is 411. The number of hydrogen-bond donors (Lipinski definition) is 2. The zero-order valence-corrected chi connectivity index (χ0v) is 19.4. The van der Waals surface area contributed by atoms with E-state index in [0.29, 0.717) is 23.0 Å². The summed E-state index contributed by atoms with van der Waals surface area (Å²) in [6.45, 7) is 12.4. The molecule has 1 saturated heterocycles. The molecule has 2 rings (SSSR count). The van der Waals surface area contributed by atoms with E-state index in [0.717, 1.165) is 49.9 Å². The second-order valence-electron chi connectivity index (χ2n) is 6.86. The Kier molecular flexibility index (Phi) is 10.1. The number of guanidine groups is 1. The maximum atomic E-state index is 10.8. The standard InChI is InChI=1S/C17H33N3OS2.HI/c1-5-18-16(20-9-10-23-14(11-20)13(3)4)19-12-17(21)8-7-15(17)22-6-2;/h13-15,21H,5-12H2,1-4H3,(H,18,19);1H. The van der Waals surface area contributed by atoms with Gasteiger partial charge in [0, 0.05) is 35.9 Å². The van der Waals surface area contributed by atoms with E-state index >= 15 is 0 Å². The van der Waals surface area contributed by atoms with E-state index in [9.17, 15) is 5.11 Å². The van der Waals surface area contributed by atoms with Crippen LogP contribution in [0.15, 0.2) is 4.99 Å². The molecule has 0 aromatic rings. The van der Waals surface area contributed by atoms with Crippen LogP contribution in [-0.4, -0.2) is 69.8 Å². The molecule has 1 saturated carbocycles. The number of nitrogens with one attached hydrogen (secondary N) is 1. The molecule has 7 heteroatoms. The van der Waals surface area contributed by atoms with Crippen LogP contribution in [0.5, 0.6) is 0 Å². The summed E-state index contributed by atoms with van der Waals surface area (Å²) in [5.74, 6) is 3.90. The minimum atomic E-state index is -0.594. The number of hydrogen-bond acceptors (Lipinski definition) is 4. The van der Waals surface area contributed by atoms with Crippen LogP contribution in [0.4, 0.5) is 0 Å². The molecule has 2 N–H and O–H groups in total. The van der Waals surface area contributed by atoms with Gasteiger partial charge >= 0.3 is 0 Å². The molecule has 0 bridgehead atoms. The van der Waals surface area contributed by atoms with Crippen LogP contribution in [0, 0.1) is 5.92 Å². The van der Waals surface area contributed by atoms with Crippen molar-refractivity contribution in [3.05, 3.63) is 0 Å². The van der Waals surface area contributed by atoms with Gasteiger partial charge in [0.05, 0.1) is 12.1 Å². The molecular weight excluding hydrogens is 453 g/mol. The number of aliphatic hydroxyl groups is 1. The van der Waals surface area contributed by atoms with E-state index in [-0.39, 0.29) is 24.0 Å². The Morgan fingerprint density at radius 3 is 2.75 bits per heavy atom. The third-order valence-electron chi connectivity index (χ3n) is 4.78. The third-order valence-corrected chi connectivity index (χ3v) is 7.73. The van der Waals surface area contributed by atoms with Gasteiger partial charge in [0.2, 0.25) is 0 Å². The Morgan fingerprint density at radius 2 is 2.21 bits per heavy atom. The molecule has 3 unspecified atom stereocenters. The summed E-state index contributed by atoms with van der Waals surface area (Å²) in [5, 5.41) is 15.2. The van der Waals surface area contributed by atoms with Crippen LogP contribution < -0.4 is 5.32 Å². The number of rotatable bonds is 6. The van der Waals surface area contributed by atoms with Crippen LogP contribution in [0.1, 0.15) is 40.5 Å². The molecule has 0 spiro atoms. The lowest BCUT2D eigenvalue weighted by atomic mass is 9.79. The molecule has 2 fully saturated rings. The smallest absolute Gasteiger partial charge is 0.194 e. The highest BCUT2D eigenvalue weighted by atomic mass is 127. The molecule has 0 radical (unpaired) electrons. The normalized spacial score (nSPS) is 30.8. The fourth-order valence-electron chi connectivity index (χ4n) is 3.12. The van der Waals surface area contributed by atoms with Crippen molar-refractivity contribution >= 4 is 53.5 Å². The summed E-state index contributed by atoms with van der Waals surface area (Å²) in [6.07, 6.45) is 2.01. The van der Waals surface area contributed by atoms with Gasteiger partial charge in [0.1, 0.15) is 0 Å². The highest BCUT2D eigenvalue weighted by molar-refractivity contribution is 14.0. The monoisotopic (exact) mass is 487 g/mol. The van der Waals surface area contributed by atoms with Crippen molar-refractivity contribution in [1.82, 2.24) is 10.2 Å². The third kappa shape index (κ3) is 5.84. The SMILES string of the molecule is CCNC(=NCC1(O)CCC1SCC)N1CCSC(C(C)C)C1.I. The minimum absolute atomic E-state index is 0. The maximum Gasteiger partial charge on any atom is 0.194 e. The first-order chi connectivity index (χ1) is 11.0. The van der Waals surface area contributed by atoms with Gasteiger partial charge in [-0.15, -0.1) is 24.0 Å². The zero-order valence-electron chi connectivity index (χ0n) is 15.5. The number of halogens is 1. The first kappa shape index (κ1) is 22.7. The van der Waals surface area contributed by atoms with Crippen molar-refractivity contribution in [3.63, 3.8) is 0 Å². The second kappa shape index (κ2) is 10.7. The minimum Gasteiger partial charge on any atom is -0.387 e. The molecule has 24 heavy (non-hydrogen) atoms. The average molecular weight is 488 g/mol. The van der Waals surface area contributed by atoms with Crippen LogP contribution >= 0.6 is 47.5 Å². The van der Waals surface area contributed by atoms with Crippen molar-refractivity contribution in [2.45, 2.75) is 56.6 Å². The summed E-state index contributed by atoms with van der Waals surface area (Å²) in [6, 6.07) is 0. The van der Waals surface area contributed by atoms with Gasteiger partial charge in [0.15, 0.2) is 5.96 Å². The van der Waals surface area contributed by atoms with Crippen molar-refractivity contribution in [2.75, 3.05) is 37.7 Å². The van der Waals surface area contributed by atoms with E-state index in [4.69, 9.17) is 4.99 Å². The first-order valence-corrected chi connectivity index (χ1v) is 11.1. The lowest BCUT2D eigenvalue weighted by Gasteiger charge is -2.44. The molecule has 4 nitrogen and oxygen atoms in total. The Labute approximate surface area is 173 Å². The van der Waals surface area contributed by atoms with Crippen LogP contribution in [-0.2, 0) is 0 Å². The van der Waals surface area contributed by atoms with Gasteiger partial charge in [-0.05, 0) is 31.4 Å². The fraction of sp³-hybridized carbons (Fsp3) is 0.941. The molecule has 0 aromatic carbocycles. The number of thioether (sulfide) groups is 2. The average Bonchev–Trinajstić information content (AvgIpc) is 2.55. The molecule has 1 aliphatic heterocycles. The van der Waals surface area contributed by atoms with Crippen molar-refractivity contribution < 1.29 is 5.11 Å². The summed E-state index contributed by atoms with van der Waals surface area (Å²) in [5.41, 5.74) is -0.594. The van der Waals surface area contributed by atoms with Gasteiger partial charge in [0.25, 0.3) is 0 Å². The molecule has 0 aromatic heterocycles. The van der Waals surface area contributed by atoms with Gasteiger partial charge in [-0.25, -0.2) is 0 Å². The maximum absolute atomic E-state index is 10.8. The van der Waals surface area contributed by atoms with E-state index in [1.165, 1.54) is 0 Å². The molecule has 1 aliphatic carbocycles. The van der Waals surface area contributed by atoms with E-state index in [1.54, 1.807) is 0 Å². The summed E-state index contributed by atoms with van der Waals surface area (Å²) >= 11 is 3.95. The molecule has 1 heterocycles. The summed E-state index contributed by atoms with van der Waals surface area (Å²) in [7, 11) is 0. The van der Waals surface area contributed by atoms with E-state index in [2.05, 4.69) is 49.7 Å². The molecule has 0 amide bonds. The predicted octanol–water partition coefficient (Wildman–Crippen LogP) is 3.29. The van der Waals surface area contributed by atoms with E-state index < -0.39 is 5.60 Å².